The van der Waals surface area contributed by atoms with E-state index in [1.807, 2.05) is 6.07 Å². The molecule has 1 N–H and O–H groups in total. The Labute approximate surface area is 197 Å². The van der Waals surface area contributed by atoms with Crippen molar-refractivity contribution in [1.82, 2.24) is 4.90 Å². The van der Waals surface area contributed by atoms with Gasteiger partial charge in [-0.2, -0.15) is 18.4 Å². The van der Waals surface area contributed by atoms with Gasteiger partial charge in [-0.1, -0.05) is 23.7 Å². The van der Waals surface area contributed by atoms with Crippen LogP contribution in [0.2, 0.25) is 5.02 Å². The Hall–Kier alpha value is -3.97. The average Bonchev–Trinajstić information content (AvgIpc) is 3.26. The molecule has 176 valence electrons. The normalized spacial score (nSPS) is 10.9. The fraction of sp³-hybridized carbons (Fsp3) is 0.174. The molecular weight excluding hydrogens is 475 g/mol. The lowest BCUT2D eigenvalue weighted by atomic mass is 10.2. The van der Waals surface area contributed by atoms with Crippen LogP contribution >= 0.6 is 11.6 Å². The number of para-hydroxylation sites is 1. The molecule has 0 radical (unpaired) electrons. The number of hydrogen-bond donors (Lipinski definition) is 1. The molecule has 0 atom stereocenters. The van der Waals surface area contributed by atoms with E-state index in [0.29, 0.717) is 23.1 Å². The SMILES string of the molecule is CN(CC(=O)Nc1ccc(Cl)c(C(F)(F)F)c1)C(=O)c1ccc(COc2ccccc2C#N)o1. The molecule has 0 saturated carbocycles. The van der Waals surface area contributed by atoms with Gasteiger partial charge in [0.1, 0.15) is 24.2 Å². The monoisotopic (exact) mass is 491 g/mol. The maximum Gasteiger partial charge on any atom is 0.417 e. The zero-order valence-corrected chi connectivity index (χ0v) is 18.4. The Bertz CT molecular complexity index is 1250. The highest BCUT2D eigenvalue weighted by Crippen LogP contribution is 2.36. The second-order valence-corrected chi connectivity index (χ2v) is 7.47. The van der Waals surface area contributed by atoms with Crippen LogP contribution in [0.3, 0.4) is 0 Å². The highest BCUT2D eigenvalue weighted by Gasteiger charge is 2.33. The third-order valence-corrected chi connectivity index (χ3v) is 4.86. The lowest BCUT2D eigenvalue weighted by Crippen LogP contribution is -2.34. The maximum absolute atomic E-state index is 13.0. The molecule has 1 heterocycles. The minimum absolute atomic E-state index is 0.0335. The molecule has 7 nitrogen and oxygen atoms in total. The molecule has 3 rings (SSSR count). The zero-order chi connectivity index (χ0) is 24.9. The standard InChI is InChI=1S/C23H17ClF3N3O4/c1-30(12-21(31)29-15-6-8-18(24)17(10-15)23(25,26)27)22(32)20-9-7-16(34-20)13-33-19-5-3-2-4-14(19)11-28/h2-10H,12-13H2,1H3,(H,29,31). The van der Waals surface area contributed by atoms with Crippen molar-refractivity contribution in [2.75, 3.05) is 18.9 Å². The average molecular weight is 492 g/mol. The molecule has 0 aliphatic heterocycles. The van der Waals surface area contributed by atoms with Gasteiger partial charge in [-0.25, -0.2) is 0 Å². The van der Waals surface area contributed by atoms with Gasteiger partial charge in [-0.05, 0) is 42.5 Å². The summed E-state index contributed by atoms with van der Waals surface area (Å²) >= 11 is 5.57. The second-order valence-electron chi connectivity index (χ2n) is 7.06. The molecule has 3 aromatic rings. The Morgan fingerprint density at radius 1 is 1.18 bits per heavy atom. The summed E-state index contributed by atoms with van der Waals surface area (Å²) in [4.78, 5) is 25.8. The van der Waals surface area contributed by atoms with Gasteiger partial charge < -0.3 is 19.4 Å². The number of anilines is 1. The lowest BCUT2D eigenvalue weighted by Gasteiger charge is -2.16. The van der Waals surface area contributed by atoms with Crippen LogP contribution in [-0.2, 0) is 17.6 Å². The summed E-state index contributed by atoms with van der Waals surface area (Å²) in [5, 5.41) is 10.9. The highest BCUT2D eigenvalue weighted by atomic mass is 35.5. The van der Waals surface area contributed by atoms with Gasteiger partial charge in [-0.3, -0.25) is 9.59 Å². The van der Waals surface area contributed by atoms with Crippen LogP contribution in [0.15, 0.2) is 59.0 Å². The summed E-state index contributed by atoms with van der Waals surface area (Å²) in [6.07, 6.45) is -4.68. The predicted molar refractivity (Wildman–Crippen MR) is 116 cm³/mol. The molecule has 1 aromatic heterocycles. The predicted octanol–water partition coefficient (Wildman–Crippen LogP) is 5.11. The quantitative estimate of drug-likeness (QED) is 0.495. The Morgan fingerprint density at radius 2 is 1.91 bits per heavy atom. The van der Waals surface area contributed by atoms with Crippen LogP contribution in [0.4, 0.5) is 18.9 Å². The van der Waals surface area contributed by atoms with E-state index >= 15 is 0 Å². The third-order valence-electron chi connectivity index (χ3n) is 4.53. The minimum Gasteiger partial charge on any atom is -0.484 e. The molecule has 2 amide bonds. The van der Waals surface area contributed by atoms with E-state index in [-0.39, 0.29) is 18.1 Å². The van der Waals surface area contributed by atoms with Crippen LogP contribution in [-0.4, -0.2) is 30.3 Å². The van der Waals surface area contributed by atoms with Gasteiger partial charge in [-0.15, -0.1) is 0 Å². The van der Waals surface area contributed by atoms with Crippen LogP contribution in [0.1, 0.15) is 27.4 Å². The first kappa shape index (κ1) is 24.7. The van der Waals surface area contributed by atoms with Gasteiger partial charge in [0.15, 0.2) is 5.76 Å². The molecule has 0 fully saturated rings. The van der Waals surface area contributed by atoms with Crippen molar-refractivity contribution in [1.29, 1.82) is 5.26 Å². The van der Waals surface area contributed by atoms with Crippen LogP contribution in [0, 0.1) is 11.3 Å². The number of hydrogen-bond acceptors (Lipinski definition) is 5. The Kier molecular flexibility index (Phi) is 7.48. The van der Waals surface area contributed by atoms with Gasteiger partial charge in [0.2, 0.25) is 5.91 Å². The van der Waals surface area contributed by atoms with E-state index < -0.39 is 35.1 Å². The number of carbonyl (C=O) groups excluding carboxylic acids is 2. The number of nitrogens with zero attached hydrogens (tertiary/aromatic N) is 2. The molecule has 34 heavy (non-hydrogen) atoms. The fourth-order valence-corrected chi connectivity index (χ4v) is 3.12. The van der Waals surface area contributed by atoms with Crippen molar-refractivity contribution in [3.05, 3.63) is 82.3 Å². The summed E-state index contributed by atoms with van der Waals surface area (Å²) in [5.41, 5.74) is -0.851. The molecule has 0 spiro atoms. The smallest absolute Gasteiger partial charge is 0.417 e. The molecule has 11 heteroatoms. The largest absolute Gasteiger partial charge is 0.484 e. The van der Waals surface area contributed by atoms with Crippen LogP contribution < -0.4 is 10.1 Å². The van der Waals surface area contributed by atoms with Crippen molar-refractivity contribution in [3.63, 3.8) is 0 Å². The maximum atomic E-state index is 13.0. The van der Waals surface area contributed by atoms with Gasteiger partial charge in [0, 0.05) is 12.7 Å². The number of nitrogens with one attached hydrogen (secondary N) is 1. The summed E-state index contributed by atoms with van der Waals surface area (Å²) in [7, 11) is 1.34. The number of carbonyl (C=O) groups is 2. The number of halogens is 4. The number of alkyl halides is 3. The number of amides is 2. The van der Waals surface area contributed by atoms with Crippen molar-refractivity contribution >= 4 is 29.1 Å². The van der Waals surface area contributed by atoms with Gasteiger partial charge >= 0.3 is 6.18 Å². The first-order chi connectivity index (χ1) is 16.1. The minimum atomic E-state index is -4.68. The second kappa shape index (κ2) is 10.3. The van der Waals surface area contributed by atoms with E-state index in [9.17, 15) is 22.8 Å². The van der Waals surface area contributed by atoms with Gasteiger partial charge in [0.25, 0.3) is 5.91 Å². The first-order valence-corrected chi connectivity index (χ1v) is 10.1. The molecular formula is C23H17ClF3N3O4. The summed E-state index contributed by atoms with van der Waals surface area (Å²) in [6.45, 7) is -0.473. The van der Waals surface area contributed by atoms with Gasteiger partial charge in [0.05, 0.1) is 22.7 Å². The molecule has 0 unspecified atom stereocenters. The first-order valence-electron chi connectivity index (χ1n) is 9.71. The summed E-state index contributed by atoms with van der Waals surface area (Å²) in [6, 6.07) is 14.5. The molecule has 0 bridgehead atoms. The van der Waals surface area contributed by atoms with E-state index in [1.165, 1.54) is 25.2 Å². The topological polar surface area (TPSA) is 95.6 Å². The molecule has 0 aliphatic carbocycles. The van der Waals surface area contributed by atoms with Crippen molar-refractivity contribution in [2.24, 2.45) is 0 Å². The number of ether oxygens (including phenoxy) is 1. The number of rotatable bonds is 7. The molecule has 2 aromatic carbocycles. The number of likely N-dealkylation sites (N-methyl/N-ethyl adjacent to an activating group) is 1. The molecule has 0 saturated heterocycles. The zero-order valence-electron chi connectivity index (χ0n) is 17.6. The lowest BCUT2D eigenvalue weighted by molar-refractivity contribution is -0.137. The highest BCUT2D eigenvalue weighted by molar-refractivity contribution is 6.31. The Balaban J connectivity index is 1.58. The number of furan rings is 1. The van der Waals surface area contributed by atoms with Crippen LogP contribution in [0.5, 0.6) is 5.75 Å². The summed E-state index contributed by atoms with van der Waals surface area (Å²) in [5.74, 6) is -0.720. The number of nitriles is 1. The fourth-order valence-electron chi connectivity index (χ4n) is 2.90. The van der Waals surface area contributed by atoms with Crippen molar-refractivity contribution in [3.8, 4) is 11.8 Å². The van der Waals surface area contributed by atoms with Crippen molar-refractivity contribution < 1.29 is 31.9 Å². The molecule has 0 aliphatic rings. The Morgan fingerprint density at radius 3 is 2.62 bits per heavy atom. The van der Waals surface area contributed by atoms with E-state index in [4.69, 9.17) is 26.0 Å². The van der Waals surface area contributed by atoms with E-state index in [2.05, 4.69) is 5.32 Å². The number of benzene rings is 2. The third kappa shape index (κ3) is 6.08. The van der Waals surface area contributed by atoms with Crippen molar-refractivity contribution in [2.45, 2.75) is 12.8 Å². The van der Waals surface area contributed by atoms with E-state index in [0.717, 1.165) is 11.0 Å². The van der Waals surface area contributed by atoms with Crippen LogP contribution in [0.25, 0.3) is 0 Å². The van der Waals surface area contributed by atoms with E-state index in [1.54, 1.807) is 24.3 Å². The summed E-state index contributed by atoms with van der Waals surface area (Å²) < 4.78 is 49.9.